The van der Waals surface area contributed by atoms with Gasteiger partial charge in [0, 0.05) is 18.7 Å². The molecule has 90 valence electrons. The van der Waals surface area contributed by atoms with E-state index in [1.54, 1.807) is 31.3 Å². The maximum atomic E-state index is 11.4. The number of hydroxylamine groups is 1. The number of benzene rings is 1. The highest BCUT2D eigenvalue weighted by molar-refractivity contribution is 5.94. The Balaban J connectivity index is 2.71. The van der Waals surface area contributed by atoms with Crippen molar-refractivity contribution in [2.24, 2.45) is 0 Å². The molecular weight excluding hydrogens is 222 g/mol. The van der Waals surface area contributed by atoms with Crippen LogP contribution in [0.1, 0.15) is 15.9 Å². The normalized spacial score (nSPS) is 10.2. The van der Waals surface area contributed by atoms with Crippen molar-refractivity contribution in [3.8, 4) is 0 Å². The zero-order valence-electron chi connectivity index (χ0n) is 9.23. The smallest absolute Gasteiger partial charge is 0.267 e. The van der Waals surface area contributed by atoms with Gasteiger partial charge in [0.25, 0.3) is 11.8 Å². The Labute approximate surface area is 98.3 Å². The molecule has 6 nitrogen and oxygen atoms in total. The second-order valence-corrected chi connectivity index (χ2v) is 3.14. The molecule has 0 radical (unpaired) electrons. The molecule has 0 heterocycles. The van der Waals surface area contributed by atoms with Crippen molar-refractivity contribution >= 4 is 17.9 Å². The van der Waals surface area contributed by atoms with Gasteiger partial charge < -0.3 is 0 Å². The first-order chi connectivity index (χ1) is 8.17. The number of nitrogens with one attached hydrogen (secondary N) is 3. The number of hydrogen-bond acceptors (Lipinski definition) is 4. The molecule has 0 bridgehead atoms. The molecule has 0 saturated carbocycles. The number of amides is 2. The van der Waals surface area contributed by atoms with E-state index in [-0.39, 0.29) is 5.91 Å². The topological polar surface area (TPSA) is 90.5 Å². The van der Waals surface area contributed by atoms with E-state index in [1.807, 2.05) is 0 Å². The molecule has 2 amide bonds. The van der Waals surface area contributed by atoms with Crippen LogP contribution in [0, 0.1) is 0 Å². The first-order valence-corrected chi connectivity index (χ1v) is 4.86. The lowest BCUT2D eigenvalue weighted by molar-refractivity contribution is -0.124. The molecule has 0 aromatic heterocycles. The van der Waals surface area contributed by atoms with Gasteiger partial charge in [-0.25, -0.2) is 10.9 Å². The fraction of sp³-hybridized carbons (Fsp3) is 0.0909. The highest BCUT2D eigenvalue weighted by atomic mass is 16.5. The zero-order chi connectivity index (χ0) is 12.7. The lowest BCUT2D eigenvalue weighted by Gasteiger charge is -2.02. The summed E-state index contributed by atoms with van der Waals surface area (Å²) in [4.78, 5) is 22.1. The molecule has 6 heteroatoms. The summed E-state index contributed by atoms with van der Waals surface area (Å²) in [6, 6.07) is 6.63. The molecule has 1 aromatic rings. The predicted octanol–water partition coefficient (Wildman–Crippen LogP) is 0.0694. The zero-order valence-corrected chi connectivity index (χ0v) is 9.23. The Morgan fingerprint density at radius 2 is 1.88 bits per heavy atom. The van der Waals surface area contributed by atoms with Gasteiger partial charge in [-0.3, -0.25) is 20.2 Å². The minimum atomic E-state index is -0.609. The van der Waals surface area contributed by atoms with Crippen LogP contribution in [0.3, 0.4) is 0 Å². The molecule has 1 rings (SSSR count). The summed E-state index contributed by atoms with van der Waals surface area (Å²) in [6.07, 6.45) is 2.70. The molecule has 4 N–H and O–H groups in total. The van der Waals surface area contributed by atoms with Gasteiger partial charge in [-0.15, -0.1) is 0 Å². The van der Waals surface area contributed by atoms with Gasteiger partial charge in [-0.05, 0) is 23.8 Å². The number of carbonyl (C=O) groups is 2. The molecule has 1 aromatic carbocycles. The molecule has 0 aliphatic heterocycles. The average Bonchev–Trinajstić information content (AvgIpc) is 2.36. The van der Waals surface area contributed by atoms with E-state index in [9.17, 15) is 9.59 Å². The van der Waals surface area contributed by atoms with Crippen LogP contribution in [0.4, 0.5) is 0 Å². The van der Waals surface area contributed by atoms with Crippen LogP contribution in [-0.4, -0.2) is 24.1 Å². The third-order valence-electron chi connectivity index (χ3n) is 1.95. The van der Waals surface area contributed by atoms with Gasteiger partial charge in [0.1, 0.15) is 0 Å². The first kappa shape index (κ1) is 12.9. The fourth-order valence-corrected chi connectivity index (χ4v) is 1.14. The highest BCUT2D eigenvalue weighted by Crippen LogP contribution is 2.05. The SMILES string of the molecule is CNNC(=O)c1ccc(/C=C/C(=O)NO)cc1. The lowest BCUT2D eigenvalue weighted by Crippen LogP contribution is -2.34. The predicted molar refractivity (Wildman–Crippen MR) is 61.9 cm³/mol. The van der Waals surface area contributed by atoms with E-state index in [0.29, 0.717) is 5.56 Å². The number of hydrogen-bond donors (Lipinski definition) is 4. The van der Waals surface area contributed by atoms with E-state index in [1.165, 1.54) is 17.6 Å². The van der Waals surface area contributed by atoms with Gasteiger partial charge in [0.2, 0.25) is 0 Å². The molecule has 0 aliphatic carbocycles. The Morgan fingerprint density at radius 1 is 1.24 bits per heavy atom. The molecular formula is C11H13N3O3. The second kappa shape index (κ2) is 6.41. The molecule has 0 saturated heterocycles. The number of rotatable bonds is 4. The summed E-state index contributed by atoms with van der Waals surface area (Å²) in [5, 5.41) is 8.28. The van der Waals surface area contributed by atoms with Gasteiger partial charge in [-0.1, -0.05) is 12.1 Å². The molecule has 0 fully saturated rings. The largest absolute Gasteiger partial charge is 0.288 e. The van der Waals surface area contributed by atoms with Crippen LogP contribution in [0.5, 0.6) is 0 Å². The average molecular weight is 235 g/mol. The van der Waals surface area contributed by atoms with Crippen molar-refractivity contribution in [3.05, 3.63) is 41.5 Å². The van der Waals surface area contributed by atoms with E-state index >= 15 is 0 Å². The third-order valence-corrected chi connectivity index (χ3v) is 1.95. The van der Waals surface area contributed by atoms with E-state index in [2.05, 4.69) is 10.9 Å². The minimum absolute atomic E-state index is 0.240. The van der Waals surface area contributed by atoms with Crippen LogP contribution >= 0.6 is 0 Å². The standard InChI is InChI=1S/C11H13N3O3/c1-12-13-11(16)9-5-2-8(3-6-9)4-7-10(15)14-17/h2-7,12,17H,1H3,(H,13,16)(H,14,15)/b7-4+. The van der Waals surface area contributed by atoms with Crippen molar-refractivity contribution in [1.29, 1.82) is 0 Å². The quantitative estimate of drug-likeness (QED) is 0.338. The molecule has 0 atom stereocenters. The summed E-state index contributed by atoms with van der Waals surface area (Å²) in [7, 11) is 1.60. The van der Waals surface area contributed by atoms with E-state index in [0.717, 1.165) is 5.56 Å². The second-order valence-electron chi connectivity index (χ2n) is 3.14. The summed E-state index contributed by atoms with van der Waals surface area (Å²) in [6.45, 7) is 0. The minimum Gasteiger partial charge on any atom is -0.288 e. The van der Waals surface area contributed by atoms with Gasteiger partial charge >= 0.3 is 0 Å². The van der Waals surface area contributed by atoms with Crippen LogP contribution in [0.2, 0.25) is 0 Å². The summed E-state index contributed by atoms with van der Waals surface area (Å²) < 4.78 is 0. The molecule has 0 unspecified atom stereocenters. The number of carbonyl (C=O) groups excluding carboxylic acids is 2. The number of hydrazine groups is 1. The highest BCUT2D eigenvalue weighted by Gasteiger charge is 2.02. The fourth-order valence-electron chi connectivity index (χ4n) is 1.14. The van der Waals surface area contributed by atoms with Crippen molar-refractivity contribution in [1.82, 2.24) is 16.3 Å². The van der Waals surface area contributed by atoms with Crippen LogP contribution in [0.25, 0.3) is 6.08 Å². The van der Waals surface area contributed by atoms with Crippen molar-refractivity contribution < 1.29 is 14.8 Å². The lowest BCUT2D eigenvalue weighted by atomic mass is 10.1. The Morgan fingerprint density at radius 3 is 2.41 bits per heavy atom. The van der Waals surface area contributed by atoms with Crippen LogP contribution in [0.15, 0.2) is 30.3 Å². The van der Waals surface area contributed by atoms with Crippen molar-refractivity contribution in [2.75, 3.05) is 7.05 Å². The van der Waals surface area contributed by atoms with Gasteiger partial charge in [0.05, 0.1) is 0 Å². The van der Waals surface area contributed by atoms with Gasteiger partial charge in [0.15, 0.2) is 0 Å². The monoisotopic (exact) mass is 235 g/mol. The van der Waals surface area contributed by atoms with Crippen molar-refractivity contribution in [3.63, 3.8) is 0 Å². The summed E-state index contributed by atoms with van der Waals surface area (Å²) in [5.74, 6) is -0.849. The maximum Gasteiger partial charge on any atom is 0.267 e. The summed E-state index contributed by atoms with van der Waals surface area (Å²) >= 11 is 0. The first-order valence-electron chi connectivity index (χ1n) is 4.86. The Hall–Kier alpha value is -2.18. The molecule has 0 aliphatic rings. The summed E-state index contributed by atoms with van der Waals surface area (Å²) in [5.41, 5.74) is 7.70. The molecule has 0 spiro atoms. The van der Waals surface area contributed by atoms with E-state index in [4.69, 9.17) is 5.21 Å². The Bertz CT molecular complexity index is 426. The Kier molecular flexibility index (Phi) is 4.86. The van der Waals surface area contributed by atoms with E-state index < -0.39 is 5.91 Å². The van der Waals surface area contributed by atoms with Crippen LogP contribution in [-0.2, 0) is 4.79 Å². The van der Waals surface area contributed by atoms with Crippen LogP contribution < -0.4 is 16.3 Å². The van der Waals surface area contributed by atoms with Gasteiger partial charge in [-0.2, -0.15) is 0 Å². The van der Waals surface area contributed by atoms with Crippen molar-refractivity contribution in [2.45, 2.75) is 0 Å². The molecule has 17 heavy (non-hydrogen) atoms. The maximum absolute atomic E-state index is 11.4. The third kappa shape index (κ3) is 4.06.